The third-order valence-corrected chi connectivity index (χ3v) is 2.42. The van der Waals surface area contributed by atoms with E-state index < -0.39 is 0 Å². The van der Waals surface area contributed by atoms with Gasteiger partial charge < -0.3 is 11.1 Å². The average Bonchev–Trinajstić information content (AvgIpc) is 2.76. The first-order valence-electron chi connectivity index (χ1n) is 5.73. The van der Waals surface area contributed by atoms with Crippen LogP contribution in [-0.2, 0) is 11.3 Å². The number of amides is 1. The molecule has 1 rings (SSSR count). The molecular weight excluding hydrogens is 275 g/mol. The number of halogens is 2. The van der Waals surface area contributed by atoms with Crippen molar-refractivity contribution in [3.63, 3.8) is 0 Å². The number of rotatable bonds is 7. The first-order chi connectivity index (χ1) is 7.76. The molecule has 0 fully saturated rings. The van der Waals surface area contributed by atoms with Crippen molar-refractivity contribution in [1.29, 1.82) is 0 Å². The van der Waals surface area contributed by atoms with Gasteiger partial charge in [-0.1, -0.05) is 19.8 Å². The molecule has 5 nitrogen and oxygen atoms in total. The van der Waals surface area contributed by atoms with Crippen molar-refractivity contribution in [1.82, 2.24) is 15.1 Å². The fraction of sp³-hybridized carbons (Fsp3) is 0.636. The van der Waals surface area contributed by atoms with Crippen molar-refractivity contribution in [3.8, 4) is 0 Å². The Morgan fingerprint density at radius 3 is 2.72 bits per heavy atom. The summed E-state index contributed by atoms with van der Waals surface area (Å²) < 4.78 is 1.60. The van der Waals surface area contributed by atoms with E-state index in [0.29, 0.717) is 6.54 Å². The van der Waals surface area contributed by atoms with E-state index in [1.54, 1.807) is 23.1 Å². The molecule has 0 saturated carbocycles. The molecule has 0 aliphatic carbocycles. The highest BCUT2D eigenvalue weighted by molar-refractivity contribution is 5.85. The molecule has 0 saturated heterocycles. The number of nitrogens with zero attached hydrogens (tertiary/aromatic N) is 2. The SMILES string of the molecule is CCCCC(CN)NC(=O)Cn1cccn1.Cl.Cl. The van der Waals surface area contributed by atoms with Gasteiger partial charge in [0.05, 0.1) is 0 Å². The molecule has 106 valence electrons. The molecule has 3 N–H and O–H groups in total. The highest BCUT2D eigenvalue weighted by Crippen LogP contribution is 1.99. The van der Waals surface area contributed by atoms with Gasteiger partial charge in [0, 0.05) is 25.0 Å². The number of nitrogens with two attached hydrogens (primary N) is 1. The maximum Gasteiger partial charge on any atom is 0.241 e. The van der Waals surface area contributed by atoms with Gasteiger partial charge in [-0.05, 0) is 12.5 Å². The van der Waals surface area contributed by atoms with Gasteiger partial charge in [0.1, 0.15) is 6.54 Å². The van der Waals surface area contributed by atoms with E-state index in [0.717, 1.165) is 19.3 Å². The van der Waals surface area contributed by atoms with E-state index in [2.05, 4.69) is 17.3 Å². The lowest BCUT2D eigenvalue weighted by Gasteiger charge is -2.16. The zero-order chi connectivity index (χ0) is 11.8. The van der Waals surface area contributed by atoms with E-state index >= 15 is 0 Å². The fourth-order valence-corrected chi connectivity index (χ4v) is 1.51. The third kappa shape index (κ3) is 7.53. The molecule has 1 aromatic heterocycles. The summed E-state index contributed by atoms with van der Waals surface area (Å²) in [5.74, 6) is -0.0322. The molecular formula is C11H22Cl2N4O. The summed E-state index contributed by atoms with van der Waals surface area (Å²) in [6.45, 7) is 2.87. The summed E-state index contributed by atoms with van der Waals surface area (Å²) in [7, 11) is 0. The van der Waals surface area contributed by atoms with Crippen molar-refractivity contribution < 1.29 is 4.79 Å². The van der Waals surface area contributed by atoms with Crippen molar-refractivity contribution in [3.05, 3.63) is 18.5 Å². The number of aromatic nitrogens is 2. The van der Waals surface area contributed by atoms with E-state index in [9.17, 15) is 4.79 Å². The van der Waals surface area contributed by atoms with Crippen LogP contribution in [0.3, 0.4) is 0 Å². The highest BCUT2D eigenvalue weighted by atomic mass is 35.5. The molecule has 18 heavy (non-hydrogen) atoms. The van der Waals surface area contributed by atoms with E-state index in [1.165, 1.54) is 0 Å². The van der Waals surface area contributed by atoms with Gasteiger partial charge >= 0.3 is 0 Å². The van der Waals surface area contributed by atoms with Gasteiger partial charge in [-0.25, -0.2) is 0 Å². The molecule has 0 aliphatic heterocycles. The molecule has 0 bridgehead atoms. The van der Waals surface area contributed by atoms with Gasteiger partial charge in [0.15, 0.2) is 0 Å². The number of hydrogen-bond donors (Lipinski definition) is 2. The lowest BCUT2D eigenvalue weighted by molar-refractivity contribution is -0.122. The molecule has 1 heterocycles. The maximum absolute atomic E-state index is 11.6. The minimum absolute atomic E-state index is 0. The van der Waals surface area contributed by atoms with Crippen LogP contribution in [0.5, 0.6) is 0 Å². The number of carbonyl (C=O) groups is 1. The molecule has 0 aliphatic rings. The Kier molecular flexibility index (Phi) is 12.3. The van der Waals surface area contributed by atoms with Gasteiger partial charge in [-0.2, -0.15) is 5.10 Å². The van der Waals surface area contributed by atoms with E-state index in [1.807, 2.05) is 0 Å². The molecule has 7 heteroatoms. The Hall–Kier alpha value is -0.780. The minimum Gasteiger partial charge on any atom is -0.350 e. The first kappa shape index (κ1) is 19.6. The summed E-state index contributed by atoms with van der Waals surface area (Å²) in [5, 5.41) is 6.89. The van der Waals surface area contributed by atoms with Crippen LogP contribution < -0.4 is 11.1 Å². The van der Waals surface area contributed by atoms with Crippen molar-refractivity contribution in [2.24, 2.45) is 5.73 Å². The van der Waals surface area contributed by atoms with Gasteiger partial charge in [0.25, 0.3) is 0 Å². The second kappa shape index (κ2) is 11.3. The second-order valence-corrected chi connectivity index (χ2v) is 3.85. The largest absolute Gasteiger partial charge is 0.350 e. The molecule has 0 radical (unpaired) electrons. The summed E-state index contributed by atoms with van der Waals surface area (Å²) in [4.78, 5) is 11.6. The lowest BCUT2D eigenvalue weighted by Crippen LogP contribution is -2.41. The van der Waals surface area contributed by atoms with Crippen LogP contribution in [0.25, 0.3) is 0 Å². The predicted molar refractivity (Wildman–Crippen MR) is 77.2 cm³/mol. The summed E-state index contributed by atoms with van der Waals surface area (Å²) in [6, 6.07) is 1.88. The van der Waals surface area contributed by atoms with Crippen molar-refractivity contribution >= 4 is 30.7 Å². The Bertz CT molecular complexity index is 306. The monoisotopic (exact) mass is 296 g/mol. The van der Waals surface area contributed by atoms with E-state index in [-0.39, 0.29) is 43.3 Å². The smallest absolute Gasteiger partial charge is 0.241 e. The zero-order valence-electron chi connectivity index (χ0n) is 10.5. The van der Waals surface area contributed by atoms with Crippen LogP contribution in [0.2, 0.25) is 0 Å². The molecule has 1 amide bonds. The van der Waals surface area contributed by atoms with Gasteiger partial charge in [-0.3, -0.25) is 9.48 Å². The third-order valence-electron chi connectivity index (χ3n) is 2.42. The Morgan fingerprint density at radius 1 is 1.50 bits per heavy atom. The standard InChI is InChI=1S/C11H20N4O.2ClH/c1-2-3-5-10(8-12)14-11(16)9-15-7-4-6-13-15;;/h4,6-7,10H,2-3,5,8-9,12H2,1H3,(H,14,16);2*1H. The van der Waals surface area contributed by atoms with Crippen LogP contribution in [0.1, 0.15) is 26.2 Å². The van der Waals surface area contributed by atoms with Crippen LogP contribution in [0.4, 0.5) is 0 Å². The fourth-order valence-electron chi connectivity index (χ4n) is 1.51. The Balaban J connectivity index is 0. The van der Waals surface area contributed by atoms with Crippen LogP contribution in [0, 0.1) is 0 Å². The summed E-state index contributed by atoms with van der Waals surface area (Å²) in [5.41, 5.74) is 5.60. The topological polar surface area (TPSA) is 72.9 Å². The number of carbonyl (C=O) groups excluding carboxylic acids is 1. The molecule has 1 aromatic rings. The van der Waals surface area contributed by atoms with Crippen LogP contribution >= 0.6 is 24.8 Å². The molecule has 0 spiro atoms. The van der Waals surface area contributed by atoms with Crippen LogP contribution in [0.15, 0.2) is 18.5 Å². The summed E-state index contributed by atoms with van der Waals surface area (Å²) in [6.07, 6.45) is 6.57. The van der Waals surface area contributed by atoms with Gasteiger partial charge in [-0.15, -0.1) is 24.8 Å². The molecule has 1 unspecified atom stereocenters. The Labute approximate surface area is 120 Å². The van der Waals surface area contributed by atoms with Crippen LogP contribution in [-0.4, -0.2) is 28.3 Å². The highest BCUT2D eigenvalue weighted by Gasteiger charge is 2.10. The average molecular weight is 297 g/mol. The predicted octanol–water partition coefficient (Wildman–Crippen LogP) is 1.36. The number of hydrogen-bond acceptors (Lipinski definition) is 3. The van der Waals surface area contributed by atoms with Gasteiger partial charge in [0.2, 0.25) is 5.91 Å². The molecule has 1 atom stereocenters. The van der Waals surface area contributed by atoms with Crippen molar-refractivity contribution in [2.75, 3.05) is 6.54 Å². The second-order valence-electron chi connectivity index (χ2n) is 3.85. The Morgan fingerprint density at radius 2 is 2.22 bits per heavy atom. The summed E-state index contributed by atoms with van der Waals surface area (Å²) >= 11 is 0. The quantitative estimate of drug-likeness (QED) is 0.798. The molecule has 0 aromatic carbocycles. The minimum atomic E-state index is -0.0322. The maximum atomic E-state index is 11.6. The number of nitrogens with one attached hydrogen (secondary N) is 1. The first-order valence-corrected chi connectivity index (χ1v) is 5.73. The van der Waals surface area contributed by atoms with Crippen molar-refractivity contribution in [2.45, 2.75) is 38.8 Å². The van der Waals surface area contributed by atoms with E-state index in [4.69, 9.17) is 5.73 Å². The zero-order valence-corrected chi connectivity index (χ0v) is 12.2. The normalized spacial score (nSPS) is 11.0. The lowest BCUT2D eigenvalue weighted by atomic mass is 10.1. The number of unbranched alkanes of at least 4 members (excludes halogenated alkanes) is 1.